The summed E-state index contributed by atoms with van der Waals surface area (Å²) in [6, 6.07) is 1.21. The number of nitrogens with two attached hydrogens (primary N) is 1. The molecule has 1 saturated carbocycles. The molecule has 5 rings (SSSR count). The molecule has 2 saturated heterocycles. The van der Waals surface area contributed by atoms with Crippen molar-refractivity contribution >= 4 is 29.2 Å². The molecule has 4 aliphatic rings. The maximum Gasteiger partial charge on any atom is 0.329 e. The van der Waals surface area contributed by atoms with Crippen molar-refractivity contribution in [3.8, 4) is 0 Å². The summed E-state index contributed by atoms with van der Waals surface area (Å²) in [5.74, 6) is -7.91. The smallest absolute Gasteiger partial charge is 0.329 e. The fraction of sp³-hybridized carbons (Fsp3) is 0.679. The van der Waals surface area contributed by atoms with Gasteiger partial charge < -0.3 is 44.2 Å². The van der Waals surface area contributed by atoms with E-state index in [4.69, 9.17) is 34.6 Å². The zero-order valence-electron chi connectivity index (χ0n) is 42.3. The number of ketones is 3. The van der Waals surface area contributed by atoms with Crippen LogP contribution in [0.4, 0.5) is 0 Å². The van der Waals surface area contributed by atoms with Gasteiger partial charge in [-0.1, -0.05) is 74.8 Å². The summed E-state index contributed by atoms with van der Waals surface area (Å²) < 4.78 is 29.6. The molecule has 1 amide bonds. The van der Waals surface area contributed by atoms with Crippen molar-refractivity contribution in [3.05, 3.63) is 82.2 Å². The average Bonchev–Trinajstić information content (AvgIpc) is 3.88. The quantitative estimate of drug-likeness (QED) is 0.0597. The molecule has 386 valence electrons. The number of Topliss-reactive ketones (excluding diaryl/α,β-unsaturated/α-hetero) is 3. The first kappa shape index (κ1) is 56.2. The van der Waals surface area contributed by atoms with Crippen molar-refractivity contribution in [1.29, 1.82) is 0 Å². The van der Waals surface area contributed by atoms with Crippen molar-refractivity contribution in [1.82, 2.24) is 4.90 Å². The zero-order valence-corrected chi connectivity index (χ0v) is 42.3. The van der Waals surface area contributed by atoms with Crippen LogP contribution in [0.25, 0.3) is 10.4 Å². The highest BCUT2D eigenvalue weighted by molar-refractivity contribution is 6.39. The SMILES string of the molecule is CO[C@@H]1C[C@H](C[C@@H](N)[C@@H]2CC(=O)[C@H](C)/C=C(\C)[C@@H](O)[C@@H](OC)C(=O)[C@H](C)C[C@H](C)/C=C/C=C/C=C(\C)C(c3ccco3)C[C@@H]3CC[C@@H](C)[C@@](O)(O3)C(=O)C(=O)N3CCCC[C@H]3C(=O)O2)CCC1N=[N+]=[N-]. The van der Waals surface area contributed by atoms with E-state index in [9.17, 15) is 34.2 Å². The van der Waals surface area contributed by atoms with Crippen LogP contribution < -0.4 is 5.73 Å². The lowest BCUT2D eigenvalue weighted by Gasteiger charge is -2.42. The van der Waals surface area contributed by atoms with Crippen LogP contribution in [0.15, 0.2) is 75.5 Å². The largest absolute Gasteiger partial charge is 0.469 e. The number of carbonyl (C=O) groups is 5. The maximum absolute atomic E-state index is 14.4. The highest BCUT2D eigenvalue weighted by atomic mass is 16.6. The summed E-state index contributed by atoms with van der Waals surface area (Å²) in [5.41, 5.74) is 17.3. The molecule has 1 aromatic rings. The number of aliphatic hydroxyl groups is 2. The van der Waals surface area contributed by atoms with Gasteiger partial charge in [0.2, 0.25) is 5.79 Å². The fourth-order valence-electron chi connectivity index (χ4n) is 10.7. The van der Waals surface area contributed by atoms with Crippen LogP contribution in [0.3, 0.4) is 0 Å². The van der Waals surface area contributed by atoms with Crippen molar-refractivity contribution in [2.75, 3.05) is 20.8 Å². The predicted octanol–water partition coefficient (Wildman–Crippen LogP) is 7.55. The number of nitrogens with zero attached hydrogens (tertiary/aromatic N) is 4. The minimum absolute atomic E-state index is 0.00738. The first-order valence-electron chi connectivity index (χ1n) is 25.1. The molecular weight excluding hydrogens is 899 g/mol. The number of rotatable bonds is 7. The lowest BCUT2D eigenvalue weighted by Crippen LogP contribution is -2.61. The Morgan fingerprint density at radius 3 is 2.40 bits per heavy atom. The number of hydrogen-bond acceptors (Lipinski definition) is 14. The first-order chi connectivity index (χ1) is 33.3. The van der Waals surface area contributed by atoms with Gasteiger partial charge in [0, 0.05) is 61.8 Å². The van der Waals surface area contributed by atoms with Gasteiger partial charge in [-0.25, -0.2) is 4.79 Å². The van der Waals surface area contributed by atoms with Crippen LogP contribution in [-0.2, 0) is 42.9 Å². The van der Waals surface area contributed by atoms with E-state index in [0.717, 1.165) is 10.5 Å². The maximum atomic E-state index is 14.4. The molecule has 4 N–H and O–H groups in total. The number of cyclic esters (lactones) is 1. The van der Waals surface area contributed by atoms with E-state index in [2.05, 4.69) is 10.0 Å². The van der Waals surface area contributed by atoms with Gasteiger partial charge in [-0.05, 0) is 120 Å². The third-order valence-electron chi connectivity index (χ3n) is 15.1. The second-order valence-electron chi connectivity index (χ2n) is 20.3. The number of carbonyl (C=O) groups excluding carboxylic acids is 5. The molecule has 2 unspecified atom stereocenters. The molecule has 1 aromatic heterocycles. The minimum atomic E-state index is -2.48. The summed E-state index contributed by atoms with van der Waals surface area (Å²) in [6.45, 7) is 10.7. The van der Waals surface area contributed by atoms with Crippen LogP contribution in [0.5, 0.6) is 0 Å². The number of amides is 1. The number of esters is 1. The fourth-order valence-corrected chi connectivity index (χ4v) is 10.7. The molecule has 2 bridgehead atoms. The Labute approximate surface area is 412 Å². The Hall–Kier alpha value is -4.74. The molecule has 17 nitrogen and oxygen atoms in total. The third-order valence-corrected chi connectivity index (χ3v) is 15.1. The molecule has 3 fully saturated rings. The summed E-state index contributed by atoms with van der Waals surface area (Å²) >= 11 is 0. The van der Waals surface area contributed by atoms with E-state index in [1.807, 2.05) is 50.3 Å². The summed E-state index contributed by atoms with van der Waals surface area (Å²) in [7, 11) is 2.91. The Balaban J connectivity index is 1.49. The number of hydrogen-bond donors (Lipinski definition) is 3. The highest BCUT2D eigenvalue weighted by Crippen LogP contribution is 2.40. The van der Waals surface area contributed by atoms with Crippen LogP contribution in [-0.4, -0.2) is 120 Å². The second-order valence-corrected chi connectivity index (χ2v) is 20.3. The summed E-state index contributed by atoms with van der Waals surface area (Å²) in [6.07, 6.45) is 12.7. The Kier molecular flexibility index (Phi) is 20.9. The Morgan fingerprint density at radius 1 is 0.957 bits per heavy atom. The molecule has 70 heavy (non-hydrogen) atoms. The number of furan rings is 1. The topological polar surface area (TPSA) is 254 Å². The molecule has 0 radical (unpaired) electrons. The van der Waals surface area contributed by atoms with E-state index in [1.165, 1.54) is 7.11 Å². The van der Waals surface area contributed by atoms with Gasteiger partial charge in [0.15, 0.2) is 5.78 Å². The van der Waals surface area contributed by atoms with Crippen molar-refractivity contribution < 1.29 is 57.6 Å². The van der Waals surface area contributed by atoms with Gasteiger partial charge in [0.05, 0.1) is 24.5 Å². The van der Waals surface area contributed by atoms with Crippen LogP contribution in [0.2, 0.25) is 0 Å². The van der Waals surface area contributed by atoms with Crippen LogP contribution in [0.1, 0.15) is 130 Å². The van der Waals surface area contributed by atoms with E-state index in [-0.39, 0.29) is 60.9 Å². The lowest BCUT2D eigenvalue weighted by molar-refractivity contribution is -0.264. The molecule has 15 atom stereocenters. The predicted molar refractivity (Wildman–Crippen MR) is 262 cm³/mol. The van der Waals surface area contributed by atoms with Crippen molar-refractivity contribution in [3.63, 3.8) is 0 Å². The lowest BCUT2D eigenvalue weighted by atomic mass is 9.79. The number of methoxy groups -OCH3 is 2. The van der Waals surface area contributed by atoms with E-state index in [0.29, 0.717) is 75.5 Å². The van der Waals surface area contributed by atoms with E-state index >= 15 is 0 Å². The normalized spacial score (nSPS) is 38.2. The van der Waals surface area contributed by atoms with Crippen LogP contribution in [0, 0.1) is 29.6 Å². The number of piperidine rings is 1. The zero-order chi connectivity index (χ0) is 51.3. The Bertz CT molecular complexity index is 2130. The van der Waals surface area contributed by atoms with Gasteiger partial charge in [0.1, 0.15) is 35.9 Å². The van der Waals surface area contributed by atoms with Crippen molar-refractivity contribution in [2.45, 2.75) is 179 Å². The van der Waals surface area contributed by atoms with Gasteiger partial charge in [-0.15, -0.1) is 0 Å². The molecule has 1 aliphatic carbocycles. The van der Waals surface area contributed by atoms with Gasteiger partial charge in [0.25, 0.3) is 11.7 Å². The third kappa shape index (κ3) is 14.2. The van der Waals surface area contributed by atoms with Gasteiger partial charge in [-0.3, -0.25) is 19.2 Å². The number of azide groups is 1. The van der Waals surface area contributed by atoms with Gasteiger partial charge >= 0.3 is 5.97 Å². The second kappa shape index (κ2) is 26.1. The number of fused-ring (bicyclic) bond motifs is 3. The van der Waals surface area contributed by atoms with Crippen molar-refractivity contribution in [2.24, 2.45) is 40.4 Å². The summed E-state index contributed by atoms with van der Waals surface area (Å²) in [4.78, 5) is 75.3. The monoisotopic (exact) mass is 976 g/mol. The number of allylic oxidation sites excluding steroid dienone is 7. The molecule has 4 heterocycles. The summed E-state index contributed by atoms with van der Waals surface area (Å²) in [5, 5.41) is 27.5. The highest BCUT2D eigenvalue weighted by Gasteiger charge is 2.53. The minimum Gasteiger partial charge on any atom is -0.469 e. The van der Waals surface area contributed by atoms with E-state index in [1.54, 1.807) is 53.2 Å². The van der Waals surface area contributed by atoms with Gasteiger partial charge in [-0.2, -0.15) is 0 Å². The first-order valence-corrected chi connectivity index (χ1v) is 25.1. The number of aliphatic hydroxyl groups excluding tert-OH is 1. The van der Waals surface area contributed by atoms with E-state index < -0.39 is 77.7 Å². The molecule has 0 aromatic carbocycles. The average molecular weight is 976 g/mol. The Morgan fingerprint density at radius 2 is 1.71 bits per heavy atom. The van der Waals surface area contributed by atoms with Crippen LogP contribution >= 0.6 is 0 Å². The standard InChI is InChI=1S/C53H77N5O12/c1-31-15-10-9-11-16-32(2)39(44-18-14-24-68-44)29-38-21-19-36(6)53(65,70-38)50(62)51(63)58-23-13-12-17-42(58)52(64)69-45(40(54)27-37-20-22-41(56-57-55)46(28-37)66-7)30-43(59)33(3)26-35(5)48(61)49(67-8)47(60)34(4)25-31/h9-11,14-16,18,24,26,31,33-34,36-42,45-46,48-49,61,65H,12-13,17,19-23,25,27-30,54H2,1-8H3/b11-9+,15-10+,32-16+,35-26+/t31-,33-,34-,36-,37+,38+,39?,40-,41?,42+,45+,46-,48-,49+,53-/m1/s1. The molecule has 3 aliphatic heterocycles. The molecule has 0 spiro atoms. The molecule has 17 heteroatoms. The molecular formula is C53H77N5O12. The number of ether oxygens (including phenoxy) is 4.